The fourth-order valence-corrected chi connectivity index (χ4v) is 3.40. The van der Waals surface area contributed by atoms with Crippen LogP contribution in [-0.4, -0.2) is 6.26 Å². The van der Waals surface area contributed by atoms with E-state index in [2.05, 4.69) is 30.6 Å². The normalized spacial score (nSPS) is 48.9. The molecule has 0 radical (unpaired) electrons. The van der Waals surface area contributed by atoms with Gasteiger partial charge in [-0.15, -0.1) is 20.7 Å². The van der Waals surface area contributed by atoms with Crippen LogP contribution in [0.2, 0.25) is 0 Å². The lowest BCUT2D eigenvalue weighted by atomic mass is 10.5. The summed E-state index contributed by atoms with van der Waals surface area (Å²) in [6, 6.07) is 0. The van der Waals surface area contributed by atoms with Gasteiger partial charge in [0.15, 0.2) is 0 Å². The third-order valence-electron chi connectivity index (χ3n) is 1.40. The summed E-state index contributed by atoms with van der Waals surface area (Å²) in [5.74, 6) is 0. The van der Waals surface area contributed by atoms with Crippen LogP contribution in [0.25, 0.3) is 0 Å². The smallest absolute Gasteiger partial charge is 0.0108 e. The first kappa shape index (κ1) is 6.30. The van der Waals surface area contributed by atoms with Gasteiger partial charge in [0, 0.05) is 9.81 Å². The molecule has 1 unspecified atom stereocenters. The highest BCUT2D eigenvalue weighted by Crippen LogP contribution is 2.82. The van der Waals surface area contributed by atoms with Gasteiger partial charge in [-0.3, -0.25) is 0 Å². The lowest BCUT2D eigenvalue weighted by molar-refractivity contribution is 1.74. The highest BCUT2D eigenvalue weighted by Gasteiger charge is 2.40. The number of allylic oxidation sites excluding steroid dienone is 1. The molecule has 1 fully saturated rings. The minimum atomic E-state index is -0.725. The monoisotopic (exact) mass is 146 g/mol. The molecule has 1 atom stereocenters. The topological polar surface area (TPSA) is 0 Å². The molecule has 1 saturated heterocycles. The summed E-state index contributed by atoms with van der Waals surface area (Å²) in [5.41, 5.74) is 0. The molecule has 0 spiro atoms. The molecule has 0 aromatic rings. The van der Waals surface area contributed by atoms with E-state index < -0.39 is 9.06 Å². The zero-order valence-corrected chi connectivity index (χ0v) is 6.85. The van der Waals surface area contributed by atoms with E-state index in [0.29, 0.717) is 0 Å². The number of thiol groups is 1. The average molecular weight is 146 g/mol. The van der Waals surface area contributed by atoms with Crippen molar-refractivity contribution in [3.8, 4) is 0 Å². The molecule has 0 aromatic heterocycles. The second-order valence-electron chi connectivity index (χ2n) is 1.95. The predicted molar refractivity (Wildman–Crippen MR) is 45.4 cm³/mol. The quantitative estimate of drug-likeness (QED) is 0.303. The molecular formula is C6H10S2. The van der Waals surface area contributed by atoms with Crippen LogP contribution in [0.1, 0.15) is 6.92 Å². The molecule has 0 aromatic carbocycles. The standard InChI is InChI=1S/C6H10S2/c1-4-6-5(2)8(6,3)7/h4,7H,2H2,1,3H3/b6-4+. The molecule has 0 amide bonds. The highest BCUT2D eigenvalue weighted by molar-refractivity contribution is 8.95. The van der Waals surface area contributed by atoms with Crippen LogP contribution in [0.15, 0.2) is 22.5 Å². The van der Waals surface area contributed by atoms with Gasteiger partial charge < -0.3 is 0 Å². The molecule has 0 bridgehead atoms. The summed E-state index contributed by atoms with van der Waals surface area (Å²) < 4.78 is 0. The first-order valence-electron chi connectivity index (χ1n) is 2.47. The minimum absolute atomic E-state index is 0.725. The Morgan fingerprint density at radius 3 is 2.12 bits per heavy atom. The van der Waals surface area contributed by atoms with Crippen molar-refractivity contribution in [1.82, 2.24) is 0 Å². The van der Waals surface area contributed by atoms with Gasteiger partial charge in [-0.1, -0.05) is 12.7 Å². The Bertz CT molecular complexity index is 165. The van der Waals surface area contributed by atoms with E-state index in [1.54, 1.807) is 0 Å². The molecule has 46 valence electrons. The average Bonchev–Trinajstić information content (AvgIpc) is 2.09. The third-order valence-corrected chi connectivity index (χ3v) is 4.97. The molecule has 1 aliphatic rings. The van der Waals surface area contributed by atoms with Crippen molar-refractivity contribution in [2.24, 2.45) is 0 Å². The van der Waals surface area contributed by atoms with Crippen molar-refractivity contribution < 1.29 is 0 Å². The van der Waals surface area contributed by atoms with Gasteiger partial charge in [0.2, 0.25) is 0 Å². The van der Waals surface area contributed by atoms with Gasteiger partial charge in [0.25, 0.3) is 0 Å². The molecule has 0 aliphatic carbocycles. The molecule has 8 heavy (non-hydrogen) atoms. The maximum atomic E-state index is 4.42. The van der Waals surface area contributed by atoms with Gasteiger partial charge >= 0.3 is 0 Å². The maximum absolute atomic E-state index is 4.42. The zero-order chi connectivity index (χ0) is 6.36. The fraction of sp³-hybridized carbons (Fsp3) is 0.333. The minimum Gasteiger partial charge on any atom is -0.143 e. The van der Waals surface area contributed by atoms with Crippen molar-refractivity contribution in [1.29, 1.82) is 0 Å². The van der Waals surface area contributed by atoms with Crippen molar-refractivity contribution in [3.05, 3.63) is 22.5 Å². The van der Waals surface area contributed by atoms with E-state index in [9.17, 15) is 0 Å². The van der Waals surface area contributed by atoms with Crippen LogP contribution in [0.5, 0.6) is 0 Å². The summed E-state index contributed by atoms with van der Waals surface area (Å²) in [5, 5.41) is 0. The second-order valence-corrected chi connectivity index (χ2v) is 6.83. The van der Waals surface area contributed by atoms with Crippen LogP contribution >= 0.6 is 20.7 Å². The first-order valence-corrected chi connectivity index (χ1v) is 5.56. The molecular weight excluding hydrogens is 136 g/mol. The molecule has 0 N–H and O–H groups in total. The van der Waals surface area contributed by atoms with E-state index in [1.165, 1.54) is 9.81 Å². The molecule has 0 nitrogen and oxygen atoms in total. The Balaban J connectivity index is 2.88. The highest BCUT2D eigenvalue weighted by atomic mass is 33.1. The summed E-state index contributed by atoms with van der Waals surface area (Å²) >= 11 is 4.42. The van der Waals surface area contributed by atoms with Crippen molar-refractivity contribution in [2.75, 3.05) is 6.26 Å². The summed E-state index contributed by atoms with van der Waals surface area (Å²) in [6.07, 6.45) is 4.25. The van der Waals surface area contributed by atoms with E-state index in [-0.39, 0.29) is 0 Å². The van der Waals surface area contributed by atoms with E-state index in [1.807, 2.05) is 6.92 Å². The number of hydrogen-bond donors (Lipinski definition) is 1. The fourth-order valence-electron chi connectivity index (χ4n) is 0.748. The summed E-state index contributed by atoms with van der Waals surface area (Å²) in [7, 11) is -0.725. The van der Waals surface area contributed by atoms with E-state index in [0.717, 1.165) is 0 Å². The second kappa shape index (κ2) is 1.58. The maximum Gasteiger partial charge on any atom is 0.0108 e. The first-order chi connectivity index (χ1) is 3.60. The Labute approximate surface area is 56.8 Å². The zero-order valence-electron chi connectivity index (χ0n) is 5.14. The van der Waals surface area contributed by atoms with Gasteiger partial charge in [-0.2, -0.15) is 0 Å². The lowest BCUT2D eigenvalue weighted by Gasteiger charge is -1.96. The van der Waals surface area contributed by atoms with Gasteiger partial charge in [-0.25, -0.2) is 0 Å². The van der Waals surface area contributed by atoms with Crippen LogP contribution in [0.3, 0.4) is 0 Å². The molecule has 1 aliphatic heterocycles. The van der Waals surface area contributed by atoms with Crippen LogP contribution in [0.4, 0.5) is 0 Å². The Kier molecular flexibility index (Phi) is 1.24. The number of hydrogen-bond acceptors (Lipinski definition) is 1. The molecule has 0 saturated carbocycles. The SMILES string of the molecule is C=C1/C(=C\C)S1(C)S. The molecule has 1 heterocycles. The van der Waals surface area contributed by atoms with Crippen molar-refractivity contribution >= 4 is 20.7 Å². The number of rotatable bonds is 0. The summed E-state index contributed by atoms with van der Waals surface area (Å²) in [4.78, 5) is 2.63. The largest absolute Gasteiger partial charge is 0.143 e. The van der Waals surface area contributed by atoms with Crippen molar-refractivity contribution in [3.63, 3.8) is 0 Å². The predicted octanol–water partition coefficient (Wildman–Crippen LogP) is 2.70. The van der Waals surface area contributed by atoms with Gasteiger partial charge in [0.1, 0.15) is 0 Å². The van der Waals surface area contributed by atoms with Gasteiger partial charge in [-0.05, 0) is 13.2 Å². The van der Waals surface area contributed by atoms with E-state index >= 15 is 0 Å². The van der Waals surface area contributed by atoms with Gasteiger partial charge in [0.05, 0.1) is 0 Å². The lowest BCUT2D eigenvalue weighted by Crippen LogP contribution is -1.49. The summed E-state index contributed by atoms with van der Waals surface area (Å²) in [6.45, 7) is 5.90. The Morgan fingerprint density at radius 2 is 2.12 bits per heavy atom. The van der Waals surface area contributed by atoms with Crippen molar-refractivity contribution in [2.45, 2.75) is 6.92 Å². The van der Waals surface area contributed by atoms with Crippen LogP contribution < -0.4 is 0 Å². The van der Waals surface area contributed by atoms with Crippen LogP contribution in [0, 0.1) is 0 Å². The van der Waals surface area contributed by atoms with Crippen LogP contribution in [-0.2, 0) is 0 Å². The molecule has 2 heteroatoms. The Hall–Kier alpha value is 0.180. The third kappa shape index (κ3) is 0.633. The molecule has 1 rings (SSSR count). The van der Waals surface area contributed by atoms with E-state index in [4.69, 9.17) is 0 Å². The Morgan fingerprint density at radius 1 is 1.75 bits per heavy atom.